The standard InChI is InChI=1S/C15H26N2OS/c1-11-4-6-13(7-5-11)14(16-8-9-18-3)15-17-12(2)10-19-15/h10-11,13-14,16H,4-9H2,1-3H3. The molecule has 0 spiro atoms. The highest BCUT2D eigenvalue weighted by atomic mass is 32.1. The van der Waals surface area contributed by atoms with E-state index < -0.39 is 0 Å². The second-order valence-electron chi connectivity index (χ2n) is 5.77. The monoisotopic (exact) mass is 282 g/mol. The molecule has 0 bridgehead atoms. The van der Waals surface area contributed by atoms with E-state index in [-0.39, 0.29) is 0 Å². The zero-order valence-electron chi connectivity index (χ0n) is 12.3. The number of nitrogens with one attached hydrogen (secondary N) is 1. The lowest BCUT2D eigenvalue weighted by Gasteiger charge is -2.32. The summed E-state index contributed by atoms with van der Waals surface area (Å²) in [6.07, 6.45) is 5.36. The van der Waals surface area contributed by atoms with Gasteiger partial charge in [0.1, 0.15) is 5.01 Å². The first-order valence-corrected chi connectivity index (χ1v) is 8.23. The van der Waals surface area contributed by atoms with Gasteiger partial charge in [0.05, 0.1) is 12.6 Å². The number of nitrogens with zero attached hydrogens (tertiary/aromatic N) is 1. The Balaban J connectivity index is 2.01. The van der Waals surface area contributed by atoms with Gasteiger partial charge in [-0.2, -0.15) is 0 Å². The molecule has 0 aliphatic heterocycles. The lowest BCUT2D eigenvalue weighted by molar-refractivity contribution is 0.179. The van der Waals surface area contributed by atoms with Crippen LogP contribution >= 0.6 is 11.3 Å². The van der Waals surface area contributed by atoms with Crippen LogP contribution in [0.3, 0.4) is 0 Å². The second-order valence-corrected chi connectivity index (χ2v) is 6.66. The van der Waals surface area contributed by atoms with Crippen LogP contribution in [0.5, 0.6) is 0 Å². The minimum Gasteiger partial charge on any atom is -0.383 e. The topological polar surface area (TPSA) is 34.1 Å². The van der Waals surface area contributed by atoms with E-state index >= 15 is 0 Å². The number of aryl methyl sites for hydroxylation is 1. The smallest absolute Gasteiger partial charge is 0.110 e. The number of thiazole rings is 1. The maximum Gasteiger partial charge on any atom is 0.110 e. The van der Waals surface area contributed by atoms with Crippen LogP contribution in [0.4, 0.5) is 0 Å². The summed E-state index contributed by atoms with van der Waals surface area (Å²) in [7, 11) is 1.76. The van der Waals surface area contributed by atoms with E-state index in [9.17, 15) is 0 Å². The lowest BCUT2D eigenvalue weighted by atomic mass is 9.79. The van der Waals surface area contributed by atoms with Crippen molar-refractivity contribution >= 4 is 11.3 Å². The van der Waals surface area contributed by atoms with Crippen LogP contribution in [0.2, 0.25) is 0 Å². The molecule has 0 saturated heterocycles. The van der Waals surface area contributed by atoms with Crippen molar-refractivity contribution in [2.24, 2.45) is 11.8 Å². The van der Waals surface area contributed by atoms with Crippen molar-refractivity contribution in [3.05, 3.63) is 16.1 Å². The molecule has 0 radical (unpaired) electrons. The highest BCUT2D eigenvalue weighted by Crippen LogP contribution is 2.37. The molecule has 0 amide bonds. The average Bonchev–Trinajstić information content (AvgIpc) is 2.83. The molecule has 3 nitrogen and oxygen atoms in total. The van der Waals surface area contributed by atoms with E-state index in [1.165, 1.54) is 30.7 Å². The summed E-state index contributed by atoms with van der Waals surface area (Å²) in [5.74, 6) is 1.63. The van der Waals surface area contributed by atoms with Crippen molar-refractivity contribution in [3.63, 3.8) is 0 Å². The first-order valence-electron chi connectivity index (χ1n) is 7.35. The summed E-state index contributed by atoms with van der Waals surface area (Å²) in [6.45, 7) is 6.13. The van der Waals surface area contributed by atoms with Crippen LogP contribution in [-0.4, -0.2) is 25.2 Å². The Hall–Kier alpha value is -0.450. The minimum atomic E-state index is 0.418. The van der Waals surface area contributed by atoms with Crippen LogP contribution in [-0.2, 0) is 4.74 Å². The Morgan fingerprint density at radius 3 is 2.74 bits per heavy atom. The van der Waals surface area contributed by atoms with Crippen LogP contribution < -0.4 is 5.32 Å². The second kappa shape index (κ2) is 7.36. The van der Waals surface area contributed by atoms with Crippen molar-refractivity contribution < 1.29 is 4.74 Å². The van der Waals surface area contributed by atoms with Gasteiger partial charge in [-0.05, 0) is 31.6 Å². The van der Waals surface area contributed by atoms with E-state index in [2.05, 4.69) is 24.5 Å². The average molecular weight is 282 g/mol. The normalized spacial score (nSPS) is 25.4. The Kier molecular flexibility index (Phi) is 5.79. The van der Waals surface area contributed by atoms with Crippen molar-refractivity contribution in [3.8, 4) is 0 Å². The van der Waals surface area contributed by atoms with Gasteiger partial charge in [0.15, 0.2) is 0 Å². The number of aromatic nitrogens is 1. The summed E-state index contributed by atoms with van der Waals surface area (Å²) in [5.41, 5.74) is 1.14. The Labute approximate surface area is 120 Å². The Bertz CT molecular complexity index is 372. The van der Waals surface area contributed by atoms with Crippen molar-refractivity contribution in [1.82, 2.24) is 10.3 Å². The van der Waals surface area contributed by atoms with Gasteiger partial charge in [0.25, 0.3) is 0 Å². The van der Waals surface area contributed by atoms with Crippen molar-refractivity contribution in [2.75, 3.05) is 20.3 Å². The third kappa shape index (κ3) is 4.26. The minimum absolute atomic E-state index is 0.418. The van der Waals surface area contributed by atoms with Gasteiger partial charge in [-0.3, -0.25) is 0 Å². The third-order valence-electron chi connectivity index (χ3n) is 4.11. The van der Waals surface area contributed by atoms with Crippen molar-refractivity contribution in [1.29, 1.82) is 0 Å². The van der Waals surface area contributed by atoms with E-state index in [1.807, 2.05) is 0 Å². The van der Waals surface area contributed by atoms with Crippen LogP contribution in [0.1, 0.15) is 49.4 Å². The molecule has 4 heteroatoms. The molecule has 19 heavy (non-hydrogen) atoms. The molecule has 1 aromatic heterocycles. The molecule has 1 N–H and O–H groups in total. The van der Waals surface area contributed by atoms with Crippen LogP contribution in [0.25, 0.3) is 0 Å². The van der Waals surface area contributed by atoms with E-state index in [4.69, 9.17) is 9.72 Å². The molecule has 1 fully saturated rings. The summed E-state index contributed by atoms with van der Waals surface area (Å²) in [4.78, 5) is 4.70. The predicted molar refractivity (Wildman–Crippen MR) is 80.6 cm³/mol. The molecule has 108 valence electrons. The summed E-state index contributed by atoms with van der Waals surface area (Å²) in [6, 6.07) is 0.418. The molecule has 1 saturated carbocycles. The van der Waals surface area contributed by atoms with Crippen LogP contribution in [0.15, 0.2) is 5.38 Å². The zero-order valence-corrected chi connectivity index (χ0v) is 13.1. The summed E-state index contributed by atoms with van der Waals surface area (Å²) in [5, 5.41) is 7.07. The zero-order chi connectivity index (χ0) is 13.7. The first kappa shape index (κ1) is 14.9. The quantitative estimate of drug-likeness (QED) is 0.810. The van der Waals surface area contributed by atoms with E-state index in [0.29, 0.717) is 6.04 Å². The SMILES string of the molecule is COCCNC(c1nc(C)cs1)C1CCC(C)CC1. The Morgan fingerprint density at radius 1 is 1.42 bits per heavy atom. The molecule has 1 unspecified atom stereocenters. The maximum absolute atomic E-state index is 5.16. The highest BCUT2D eigenvalue weighted by Gasteiger charge is 2.28. The molecule has 1 aliphatic rings. The third-order valence-corrected chi connectivity index (χ3v) is 5.15. The molecule has 1 aliphatic carbocycles. The fraction of sp³-hybridized carbons (Fsp3) is 0.800. The maximum atomic E-state index is 5.16. The van der Waals surface area contributed by atoms with Gasteiger partial charge in [-0.1, -0.05) is 19.8 Å². The van der Waals surface area contributed by atoms with Crippen LogP contribution in [0, 0.1) is 18.8 Å². The van der Waals surface area contributed by atoms with Gasteiger partial charge in [0.2, 0.25) is 0 Å². The molecule has 1 heterocycles. The van der Waals surface area contributed by atoms with Gasteiger partial charge in [-0.15, -0.1) is 11.3 Å². The fourth-order valence-corrected chi connectivity index (χ4v) is 3.87. The van der Waals surface area contributed by atoms with Gasteiger partial charge in [0, 0.05) is 24.7 Å². The van der Waals surface area contributed by atoms with Crippen molar-refractivity contribution in [2.45, 2.75) is 45.6 Å². The predicted octanol–water partition coefficient (Wildman–Crippen LogP) is 3.55. The molecule has 1 aromatic rings. The number of ether oxygens (including phenoxy) is 1. The molecular weight excluding hydrogens is 256 g/mol. The number of hydrogen-bond donors (Lipinski definition) is 1. The Morgan fingerprint density at radius 2 is 2.16 bits per heavy atom. The summed E-state index contributed by atoms with van der Waals surface area (Å²) >= 11 is 1.80. The lowest BCUT2D eigenvalue weighted by Crippen LogP contribution is -2.32. The largest absolute Gasteiger partial charge is 0.383 e. The number of rotatable bonds is 6. The molecule has 2 rings (SSSR count). The molecule has 1 atom stereocenters. The summed E-state index contributed by atoms with van der Waals surface area (Å²) < 4.78 is 5.16. The van der Waals surface area contributed by atoms with Gasteiger partial charge >= 0.3 is 0 Å². The highest BCUT2D eigenvalue weighted by molar-refractivity contribution is 7.09. The fourth-order valence-electron chi connectivity index (χ4n) is 2.91. The van der Waals surface area contributed by atoms with E-state index in [1.54, 1.807) is 18.4 Å². The first-order chi connectivity index (χ1) is 9.20. The number of methoxy groups -OCH3 is 1. The number of hydrogen-bond acceptors (Lipinski definition) is 4. The van der Waals surface area contributed by atoms with E-state index in [0.717, 1.165) is 30.7 Å². The van der Waals surface area contributed by atoms with Gasteiger partial charge < -0.3 is 10.1 Å². The van der Waals surface area contributed by atoms with Gasteiger partial charge in [-0.25, -0.2) is 4.98 Å². The molecular formula is C15H26N2OS. The molecule has 0 aromatic carbocycles.